The van der Waals surface area contributed by atoms with Gasteiger partial charge in [0.1, 0.15) is 11.6 Å². The highest BCUT2D eigenvalue weighted by molar-refractivity contribution is 5.66. The first-order valence-electron chi connectivity index (χ1n) is 12.5. The molecule has 2 unspecified atom stereocenters. The molecule has 0 saturated carbocycles. The Morgan fingerprint density at radius 3 is 2.82 bits per heavy atom. The Hall–Kier alpha value is -2.93. The highest BCUT2D eigenvalue weighted by Gasteiger charge is 2.29. The third-order valence-corrected chi connectivity index (χ3v) is 7.31. The number of rotatable bonds is 0. The lowest BCUT2D eigenvalue weighted by Gasteiger charge is -2.38. The molecule has 7 heteroatoms. The molecule has 6 nitrogen and oxygen atoms in total. The summed E-state index contributed by atoms with van der Waals surface area (Å²) in [6.07, 6.45) is 5.10. The van der Waals surface area contributed by atoms with E-state index >= 15 is 0 Å². The van der Waals surface area contributed by atoms with Gasteiger partial charge in [0.25, 0.3) is 0 Å². The van der Waals surface area contributed by atoms with Gasteiger partial charge in [-0.3, -0.25) is 0 Å². The number of halogens is 1. The number of fused-ring (bicyclic) bond motifs is 4. The number of hydrogen-bond donors (Lipinski definition) is 1. The van der Waals surface area contributed by atoms with E-state index in [4.69, 9.17) is 10.1 Å². The van der Waals surface area contributed by atoms with Gasteiger partial charge in [0.2, 0.25) is 0 Å². The van der Waals surface area contributed by atoms with Crippen LogP contribution in [0.5, 0.6) is 0 Å². The molecule has 1 saturated heterocycles. The van der Waals surface area contributed by atoms with Gasteiger partial charge in [0.15, 0.2) is 5.65 Å². The third-order valence-electron chi connectivity index (χ3n) is 7.31. The van der Waals surface area contributed by atoms with Gasteiger partial charge in [-0.2, -0.15) is 9.61 Å². The van der Waals surface area contributed by atoms with Crippen LogP contribution in [0.15, 0.2) is 36.9 Å². The first-order chi connectivity index (χ1) is 16.4. The van der Waals surface area contributed by atoms with Gasteiger partial charge in [-0.25, -0.2) is 9.37 Å². The van der Waals surface area contributed by atoms with Gasteiger partial charge in [-0.1, -0.05) is 12.6 Å². The Kier molecular flexibility index (Phi) is 6.30. The predicted octanol–water partition coefficient (Wildman–Crippen LogP) is 4.74. The molecule has 4 heterocycles. The molecule has 0 aliphatic carbocycles. The lowest BCUT2D eigenvalue weighted by molar-refractivity contribution is 0.226. The first-order valence-corrected chi connectivity index (χ1v) is 12.5. The van der Waals surface area contributed by atoms with E-state index in [1.165, 1.54) is 0 Å². The molecule has 34 heavy (non-hydrogen) atoms. The molecule has 3 aromatic rings. The van der Waals surface area contributed by atoms with Crippen molar-refractivity contribution in [2.45, 2.75) is 58.0 Å². The number of piperidine rings is 1. The number of nitrogens with one attached hydrogen (secondary N) is 1. The number of aromatic nitrogens is 3. The van der Waals surface area contributed by atoms with Crippen LogP contribution in [-0.4, -0.2) is 52.2 Å². The zero-order valence-electron chi connectivity index (χ0n) is 20.5. The van der Waals surface area contributed by atoms with E-state index < -0.39 is 0 Å². The molecule has 1 N–H and O–H groups in total. The molecule has 5 rings (SSSR count). The van der Waals surface area contributed by atoms with E-state index in [1.807, 2.05) is 17.5 Å². The van der Waals surface area contributed by atoms with Gasteiger partial charge in [0.05, 0.1) is 11.7 Å². The lowest BCUT2D eigenvalue weighted by atomic mass is 9.94. The summed E-state index contributed by atoms with van der Waals surface area (Å²) in [5.74, 6) is 0.832. The molecule has 0 amide bonds. The van der Waals surface area contributed by atoms with Crippen molar-refractivity contribution >= 4 is 17.2 Å². The molecule has 0 spiro atoms. The zero-order valence-corrected chi connectivity index (χ0v) is 20.5. The number of likely N-dealkylation sites (N-methyl/N-ethyl adjacent to an activating group) is 1. The molecular weight excluding hydrogens is 427 g/mol. The number of benzene rings is 1. The summed E-state index contributed by atoms with van der Waals surface area (Å²) in [6, 6.07) is 9.84. The maximum Gasteiger partial charge on any atom is 0.157 e. The largest absolute Gasteiger partial charge is 0.363 e. The van der Waals surface area contributed by atoms with Crippen LogP contribution < -0.4 is 10.2 Å². The van der Waals surface area contributed by atoms with E-state index in [0.717, 1.165) is 91.4 Å². The topological polar surface area (TPSA) is 48.7 Å². The van der Waals surface area contributed by atoms with Gasteiger partial charge in [0, 0.05) is 61.8 Å². The van der Waals surface area contributed by atoms with Crippen molar-refractivity contribution in [1.82, 2.24) is 24.8 Å². The highest BCUT2D eigenvalue weighted by Crippen LogP contribution is 2.38. The van der Waals surface area contributed by atoms with Gasteiger partial charge < -0.3 is 15.1 Å². The van der Waals surface area contributed by atoms with Crippen molar-refractivity contribution in [3.63, 3.8) is 0 Å². The molecule has 2 bridgehead atoms. The van der Waals surface area contributed by atoms with Crippen LogP contribution in [0, 0.1) is 12.7 Å². The normalized spacial score (nSPS) is 22.2. The van der Waals surface area contributed by atoms with E-state index in [9.17, 15) is 4.39 Å². The minimum absolute atomic E-state index is 0.103. The Bertz CT molecular complexity index is 1200. The minimum atomic E-state index is -0.214. The van der Waals surface area contributed by atoms with Crippen molar-refractivity contribution in [3.8, 4) is 0 Å². The maximum absolute atomic E-state index is 14.4. The SMILES string of the molecule is C=C1c2cc(F)ccc2CCC(C)NCCN(C)c2cc(C)nc3cc(nn23)C2CCCCN12. The maximum atomic E-state index is 14.4. The standard InChI is InChI=1S/C27H35FN6/c1-18-8-9-21-10-11-22(28)16-23(21)20(3)33-13-6-5-7-25(33)24-17-26-30-19(2)15-27(34(26)31-24)32(4)14-12-29-18/h10-11,15-18,25,29H,3,5-9,12-14H2,1-2,4H3. The highest BCUT2D eigenvalue weighted by atomic mass is 19.1. The molecule has 1 fully saturated rings. The average molecular weight is 463 g/mol. The number of nitrogens with zero attached hydrogens (tertiary/aromatic N) is 5. The third kappa shape index (κ3) is 4.41. The molecule has 2 atom stereocenters. The second-order valence-corrected chi connectivity index (χ2v) is 9.86. The van der Waals surface area contributed by atoms with Crippen LogP contribution in [0.1, 0.15) is 61.2 Å². The Labute approximate surface area is 201 Å². The van der Waals surface area contributed by atoms with Crippen molar-refractivity contribution < 1.29 is 4.39 Å². The molecule has 1 aromatic carbocycles. The summed E-state index contributed by atoms with van der Waals surface area (Å²) in [5, 5.41) is 8.70. The van der Waals surface area contributed by atoms with Crippen molar-refractivity contribution in [2.24, 2.45) is 0 Å². The Morgan fingerprint density at radius 1 is 1.12 bits per heavy atom. The van der Waals surface area contributed by atoms with Crippen LogP contribution in [0.2, 0.25) is 0 Å². The molecular formula is C27H35FN6. The summed E-state index contributed by atoms with van der Waals surface area (Å²) >= 11 is 0. The van der Waals surface area contributed by atoms with Crippen molar-refractivity contribution in [1.29, 1.82) is 0 Å². The van der Waals surface area contributed by atoms with Crippen LogP contribution >= 0.6 is 0 Å². The predicted molar refractivity (Wildman–Crippen MR) is 136 cm³/mol. The first kappa shape index (κ1) is 22.8. The smallest absolute Gasteiger partial charge is 0.157 e. The Morgan fingerprint density at radius 2 is 1.97 bits per heavy atom. The number of aryl methyl sites for hydroxylation is 2. The van der Waals surface area contributed by atoms with Gasteiger partial charge in [-0.15, -0.1) is 0 Å². The second-order valence-electron chi connectivity index (χ2n) is 9.86. The summed E-state index contributed by atoms with van der Waals surface area (Å²) in [6.45, 7) is 11.4. The van der Waals surface area contributed by atoms with Crippen LogP contribution in [0.4, 0.5) is 10.2 Å². The van der Waals surface area contributed by atoms with E-state index in [1.54, 1.807) is 12.1 Å². The minimum Gasteiger partial charge on any atom is -0.363 e. The monoisotopic (exact) mass is 462 g/mol. The summed E-state index contributed by atoms with van der Waals surface area (Å²) in [5.41, 5.74) is 5.82. The number of hydrogen-bond acceptors (Lipinski definition) is 5. The number of anilines is 1. The summed E-state index contributed by atoms with van der Waals surface area (Å²) < 4.78 is 16.4. The van der Waals surface area contributed by atoms with Gasteiger partial charge in [-0.05, 0) is 63.6 Å². The Balaban J connectivity index is 1.63. The molecule has 2 aromatic heterocycles. The molecule has 180 valence electrons. The van der Waals surface area contributed by atoms with Crippen LogP contribution in [0.3, 0.4) is 0 Å². The fourth-order valence-corrected chi connectivity index (χ4v) is 5.35. The summed E-state index contributed by atoms with van der Waals surface area (Å²) in [7, 11) is 2.12. The van der Waals surface area contributed by atoms with E-state index in [2.05, 4.69) is 47.8 Å². The zero-order chi connectivity index (χ0) is 23.8. The fraction of sp³-hybridized carbons (Fsp3) is 0.481. The van der Waals surface area contributed by atoms with Crippen molar-refractivity contribution in [2.75, 3.05) is 31.6 Å². The quantitative estimate of drug-likeness (QED) is 0.523. The second kappa shape index (κ2) is 9.37. The molecule has 2 aliphatic heterocycles. The summed E-state index contributed by atoms with van der Waals surface area (Å²) in [4.78, 5) is 9.36. The van der Waals surface area contributed by atoms with Crippen LogP contribution in [-0.2, 0) is 6.42 Å². The fourth-order valence-electron chi connectivity index (χ4n) is 5.35. The molecule has 0 radical (unpaired) electrons. The van der Waals surface area contributed by atoms with Gasteiger partial charge >= 0.3 is 0 Å². The lowest BCUT2D eigenvalue weighted by Crippen LogP contribution is -2.35. The van der Waals surface area contributed by atoms with Crippen LogP contribution in [0.25, 0.3) is 11.3 Å². The van der Waals surface area contributed by atoms with E-state index in [0.29, 0.717) is 6.04 Å². The molecule has 2 aliphatic rings. The van der Waals surface area contributed by atoms with E-state index in [-0.39, 0.29) is 11.9 Å². The average Bonchev–Trinajstić information content (AvgIpc) is 3.25. The van der Waals surface area contributed by atoms with Crippen molar-refractivity contribution in [3.05, 3.63) is 65.2 Å².